The molecule has 0 aromatic heterocycles. The number of hydrogen-bond acceptors (Lipinski definition) is 0. The third-order valence-electron chi connectivity index (χ3n) is 3.68. The van der Waals surface area contributed by atoms with Gasteiger partial charge in [0, 0.05) is 6.42 Å². The van der Waals surface area contributed by atoms with Crippen molar-refractivity contribution in [3.8, 4) is 0 Å². The molecular weight excluding hydrogens is 158 g/mol. The number of quaternary nitrogens is 1. The molecule has 0 N–H and O–H groups in total. The molecule has 0 aromatic rings. The van der Waals surface area contributed by atoms with Gasteiger partial charge >= 0.3 is 0 Å². The van der Waals surface area contributed by atoms with Crippen molar-refractivity contribution in [2.45, 2.75) is 53.0 Å². The lowest BCUT2D eigenvalue weighted by molar-refractivity contribution is -0.921. The van der Waals surface area contributed by atoms with Gasteiger partial charge in [-0.15, -0.1) is 0 Å². The maximum Gasteiger partial charge on any atom is 0.0934 e. The second-order valence-electron chi connectivity index (χ2n) is 6.52. The molecule has 1 nitrogen and oxygen atoms in total. The van der Waals surface area contributed by atoms with Crippen LogP contribution in [0.3, 0.4) is 0 Å². The largest absolute Gasteiger partial charge is 0.327 e. The molecule has 13 heavy (non-hydrogen) atoms. The molecule has 0 saturated heterocycles. The van der Waals surface area contributed by atoms with Gasteiger partial charge in [0.05, 0.1) is 26.7 Å². The fourth-order valence-electron chi connectivity index (χ4n) is 1.53. The van der Waals surface area contributed by atoms with Crippen molar-refractivity contribution < 1.29 is 4.48 Å². The predicted octanol–water partition coefficient (Wildman–Crippen LogP) is 3.30. The summed E-state index contributed by atoms with van der Waals surface area (Å²) >= 11 is 0. The van der Waals surface area contributed by atoms with E-state index >= 15 is 0 Å². The van der Waals surface area contributed by atoms with E-state index in [9.17, 15) is 0 Å². The van der Waals surface area contributed by atoms with Gasteiger partial charge in [-0.25, -0.2) is 0 Å². The summed E-state index contributed by atoms with van der Waals surface area (Å²) in [6, 6.07) is 0. The predicted molar refractivity (Wildman–Crippen MR) is 60.8 cm³/mol. The Balaban J connectivity index is 4.52. The second kappa shape index (κ2) is 3.61. The molecule has 0 bridgehead atoms. The zero-order chi connectivity index (χ0) is 10.9. The summed E-state index contributed by atoms with van der Waals surface area (Å²) in [4.78, 5) is 0. The number of hydrogen-bond donors (Lipinski definition) is 0. The first-order valence-corrected chi connectivity index (χ1v) is 5.33. The summed E-state index contributed by atoms with van der Waals surface area (Å²) in [6.45, 7) is 11.7. The Morgan fingerprint density at radius 3 is 1.54 bits per heavy atom. The number of rotatable bonds is 4. The van der Waals surface area contributed by atoms with Crippen LogP contribution in [0.25, 0.3) is 0 Å². The fourth-order valence-corrected chi connectivity index (χ4v) is 1.53. The van der Waals surface area contributed by atoms with E-state index in [1.807, 2.05) is 0 Å². The quantitative estimate of drug-likeness (QED) is 0.591. The molecule has 0 unspecified atom stereocenters. The highest BCUT2D eigenvalue weighted by molar-refractivity contribution is 4.78. The van der Waals surface area contributed by atoms with E-state index in [-0.39, 0.29) is 0 Å². The summed E-state index contributed by atoms with van der Waals surface area (Å²) in [6.07, 6.45) is 2.54. The lowest BCUT2D eigenvalue weighted by Crippen LogP contribution is -2.54. The van der Waals surface area contributed by atoms with Gasteiger partial charge in [-0.3, -0.25) is 0 Å². The lowest BCUT2D eigenvalue weighted by atomic mass is 9.77. The van der Waals surface area contributed by atoms with Crippen LogP contribution in [0.1, 0.15) is 47.5 Å². The smallest absolute Gasteiger partial charge is 0.0934 e. The maximum absolute atomic E-state index is 2.37. The Kier molecular flexibility index (Phi) is 3.59. The first-order valence-electron chi connectivity index (χ1n) is 5.33. The van der Waals surface area contributed by atoms with Crippen molar-refractivity contribution in [1.82, 2.24) is 0 Å². The molecule has 0 aliphatic rings. The van der Waals surface area contributed by atoms with Gasteiger partial charge in [0.25, 0.3) is 0 Å². The van der Waals surface area contributed by atoms with Crippen LogP contribution < -0.4 is 0 Å². The van der Waals surface area contributed by atoms with E-state index in [1.54, 1.807) is 0 Å². The van der Waals surface area contributed by atoms with Gasteiger partial charge in [0.2, 0.25) is 0 Å². The SMILES string of the molecule is CCC(C)(C)CC(C)(C)[N+](C)(C)C. The van der Waals surface area contributed by atoms with Crippen LogP contribution in [-0.2, 0) is 0 Å². The minimum absolute atomic E-state index is 0.361. The van der Waals surface area contributed by atoms with Gasteiger partial charge in [-0.05, 0) is 19.3 Å². The Morgan fingerprint density at radius 2 is 1.31 bits per heavy atom. The van der Waals surface area contributed by atoms with Crippen molar-refractivity contribution in [1.29, 1.82) is 0 Å². The molecule has 0 heterocycles. The monoisotopic (exact) mass is 186 g/mol. The van der Waals surface area contributed by atoms with Crippen molar-refractivity contribution in [2.24, 2.45) is 5.41 Å². The Labute approximate surface area is 84.7 Å². The summed E-state index contributed by atoms with van der Waals surface area (Å²) in [7, 11) is 6.85. The summed E-state index contributed by atoms with van der Waals surface area (Å²) in [5.41, 5.74) is 0.828. The Morgan fingerprint density at radius 1 is 0.923 bits per heavy atom. The topological polar surface area (TPSA) is 0 Å². The average molecular weight is 186 g/mol. The molecule has 0 aromatic carbocycles. The first-order chi connectivity index (χ1) is 5.52. The Hall–Kier alpha value is -0.0400. The van der Waals surface area contributed by atoms with Crippen molar-refractivity contribution in [3.63, 3.8) is 0 Å². The molecule has 0 fully saturated rings. The van der Waals surface area contributed by atoms with Crippen molar-refractivity contribution in [3.05, 3.63) is 0 Å². The van der Waals surface area contributed by atoms with E-state index in [4.69, 9.17) is 0 Å². The second-order valence-corrected chi connectivity index (χ2v) is 6.52. The highest BCUT2D eigenvalue weighted by atomic mass is 15.3. The first kappa shape index (κ1) is 13.0. The normalized spacial score (nSPS) is 14.8. The van der Waals surface area contributed by atoms with Gasteiger partial charge in [-0.2, -0.15) is 0 Å². The lowest BCUT2D eigenvalue weighted by Gasteiger charge is -2.45. The van der Waals surface area contributed by atoms with Crippen LogP contribution in [0, 0.1) is 5.41 Å². The highest BCUT2D eigenvalue weighted by Crippen LogP contribution is 2.35. The standard InChI is InChI=1S/C12H28N/c1-9-11(2,3)10-12(4,5)13(6,7)8/h9-10H2,1-8H3/q+1. The van der Waals surface area contributed by atoms with E-state index in [1.165, 1.54) is 12.8 Å². The molecule has 0 saturated carbocycles. The highest BCUT2D eigenvalue weighted by Gasteiger charge is 2.37. The van der Waals surface area contributed by atoms with Crippen LogP contribution in [0.5, 0.6) is 0 Å². The van der Waals surface area contributed by atoms with E-state index in [0.717, 1.165) is 4.48 Å². The fraction of sp³-hybridized carbons (Fsp3) is 1.00. The molecule has 0 spiro atoms. The van der Waals surface area contributed by atoms with Crippen LogP contribution in [0.15, 0.2) is 0 Å². The summed E-state index contributed by atoms with van der Waals surface area (Å²) < 4.78 is 1.04. The summed E-state index contributed by atoms with van der Waals surface area (Å²) in [5.74, 6) is 0. The van der Waals surface area contributed by atoms with Crippen molar-refractivity contribution in [2.75, 3.05) is 21.1 Å². The van der Waals surface area contributed by atoms with Gasteiger partial charge in [0.15, 0.2) is 0 Å². The molecule has 0 aliphatic heterocycles. The average Bonchev–Trinajstić information content (AvgIpc) is 1.83. The van der Waals surface area contributed by atoms with Crippen LogP contribution in [0.2, 0.25) is 0 Å². The van der Waals surface area contributed by atoms with E-state index in [0.29, 0.717) is 11.0 Å². The van der Waals surface area contributed by atoms with Gasteiger partial charge < -0.3 is 4.48 Å². The third kappa shape index (κ3) is 3.68. The molecule has 0 amide bonds. The number of nitrogens with zero attached hydrogens (tertiary/aromatic N) is 1. The van der Waals surface area contributed by atoms with Crippen LogP contribution >= 0.6 is 0 Å². The van der Waals surface area contributed by atoms with Crippen molar-refractivity contribution >= 4 is 0 Å². The zero-order valence-corrected chi connectivity index (χ0v) is 10.9. The van der Waals surface area contributed by atoms with E-state index in [2.05, 4.69) is 55.8 Å². The van der Waals surface area contributed by atoms with Gasteiger partial charge in [-0.1, -0.05) is 27.2 Å². The third-order valence-corrected chi connectivity index (χ3v) is 3.68. The minimum Gasteiger partial charge on any atom is -0.327 e. The molecule has 0 atom stereocenters. The van der Waals surface area contributed by atoms with Crippen LogP contribution in [0.4, 0.5) is 0 Å². The zero-order valence-electron chi connectivity index (χ0n) is 10.9. The Bertz CT molecular complexity index is 160. The molecule has 0 aliphatic carbocycles. The molecule has 1 heteroatoms. The summed E-state index contributed by atoms with van der Waals surface area (Å²) in [5, 5.41) is 0. The molecule has 0 radical (unpaired) electrons. The molecule has 0 rings (SSSR count). The van der Waals surface area contributed by atoms with Gasteiger partial charge in [0.1, 0.15) is 0 Å². The maximum atomic E-state index is 2.37. The molecule has 80 valence electrons. The van der Waals surface area contributed by atoms with Crippen LogP contribution in [-0.4, -0.2) is 31.2 Å². The minimum atomic E-state index is 0.361. The molecular formula is C12H28N+. The van der Waals surface area contributed by atoms with E-state index < -0.39 is 0 Å².